The van der Waals surface area contributed by atoms with Gasteiger partial charge in [-0.2, -0.15) is 0 Å². The largest absolute Gasteiger partial charge is 0.492 e. The summed E-state index contributed by atoms with van der Waals surface area (Å²) >= 11 is 1.35. The molecule has 0 aliphatic rings. The van der Waals surface area contributed by atoms with Crippen LogP contribution >= 0.6 is 11.3 Å². The minimum atomic E-state index is -0.377. The number of para-hydroxylation sites is 2. The molecule has 0 aliphatic heterocycles. The lowest BCUT2D eigenvalue weighted by molar-refractivity contribution is 0.102. The third kappa shape index (κ3) is 4.87. The molecule has 0 bridgehead atoms. The van der Waals surface area contributed by atoms with Crippen LogP contribution in [0.4, 0.5) is 21.3 Å². The molecule has 3 aromatic carbocycles. The lowest BCUT2D eigenvalue weighted by atomic mass is 10.2. The maximum Gasteiger partial charge on any atom is 0.323 e. The van der Waals surface area contributed by atoms with Crippen LogP contribution < -0.4 is 20.7 Å². The SMILES string of the molecule is CCOc1ccccc1NC(=O)Nc1cc(C)c2nc(NC(=O)c3ccccc3)sc2c1. The Morgan fingerprint density at radius 1 is 0.969 bits per heavy atom. The maximum atomic E-state index is 12.5. The van der Waals surface area contributed by atoms with Crippen LogP contribution in [0.3, 0.4) is 0 Å². The number of aromatic nitrogens is 1. The summed E-state index contributed by atoms with van der Waals surface area (Å²) in [6.07, 6.45) is 0. The van der Waals surface area contributed by atoms with E-state index in [4.69, 9.17) is 4.74 Å². The quantitative estimate of drug-likeness (QED) is 0.344. The van der Waals surface area contributed by atoms with Crippen molar-refractivity contribution >= 4 is 50.0 Å². The fourth-order valence-electron chi connectivity index (χ4n) is 3.22. The summed E-state index contributed by atoms with van der Waals surface area (Å²) in [4.78, 5) is 29.5. The second kappa shape index (κ2) is 9.49. The minimum absolute atomic E-state index is 0.215. The number of ether oxygens (including phenoxy) is 1. The number of thiazole rings is 1. The van der Waals surface area contributed by atoms with E-state index in [1.165, 1.54) is 11.3 Å². The van der Waals surface area contributed by atoms with Crippen LogP contribution in [0.5, 0.6) is 5.75 Å². The molecule has 1 heterocycles. The van der Waals surface area contributed by atoms with E-state index in [2.05, 4.69) is 20.9 Å². The number of anilines is 3. The lowest BCUT2D eigenvalue weighted by Gasteiger charge is -2.12. The number of aryl methyl sites for hydroxylation is 1. The number of carbonyl (C=O) groups is 2. The Hall–Kier alpha value is -3.91. The van der Waals surface area contributed by atoms with Gasteiger partial charge in [0.25, 0.3) is 5.91 Å². The summed E-state index contributed by atoms with van der Waals surface area (Å²) in [6.45, 7) is 4.31. The number of amides is 3. The van der Waals surface area contributed by atoms with Gasteiger partial charge >= 0.3 is 6.03 Å². The van der Waals surface area contributed by atoms with Crippen molar-refractivity contribution in [3.8, 4) is 5.75 Å². The summed E-state index contributed by atoms with van der Waals surface area (Å²) < 4.78 is 6.41. The number of urea groups is 1. The Balaban J connectivity index is 1.49. The van der Waals surface area contributed by atoms with Gasteiger partial charge in [-0.15, -0.1) is 0 Å². The smallest absolute Gasteiger partial charge is 0.323 e. The van der Waals surface area contributed by atoms with E-state index in [0.29, 0.717) is 34.4 Å². The van der Waals surface area contributed by atoms with E-state index >= 15 is 0 Å². The standard InChI is InChI=1S/C24H22N4O3S/c1-3-31-19-12-8-7-11-18(19)26-23(30)25-17-13-15(2)21-20(14-17)32-24(27-21)28-22(29)16-9-5-4-6-10-16/h4-14H,3H2,1-2H3,(H2,25,26,30)(H,27,28,29). The normalized spacial score (nSPS) is 10.6. The molecule has 1 aromatic heterocycles. The zero-order valence-corrected chi connectivity index (χ0v) is 18.5. The molecule has 32 heavy (non-hydrogen) atoms. The number of hydrogen-bond acceptors (Lipinski definition) is 5. The van der Waals surface area contributed by atoms with Crippen LogP contribution in [-0.2, 0) is 0 Å². The summed E-state index contributed by atoms with van der Waals surface area (Å²) in [5.74, 6) is 0.394. The van der Waals surface area contributed by atoms with E-state index in [9.17, 15) is 9.59 Å². The first-order chi connectivity index (χ1) is 15.5. The molecule has 0 spiro atoms. The highest BCUT2D eigenvalue weighted by Crippen LogP contribution is 2.31. The zero-order valence-electron chi connectivity index (χ0n) is 17.6. The molecule has 0 unspecified atom stereocenters. The van der Waals surface area contributed by atoms with Crippen molar-refractivity contribution in [2.45, 2.75) is 13.8 Å². The molecule has 4 aromatic rings. The summed E-state index contributed by atoms with van der Waals surface area (Å²) in [6, 6.07) is 19.6. The van der Waals surface area contributed by atoms with Gasteiger partial charge < -0.3 is 15.4 Å². The third-order valence-electron chi connectivity index (χ3n) is 4.63. The first-order valence-electron chi connectivity index (χ1n) is 10.1. The van der Waals surface area contributed by atoms with Crippen molar-refractivity contribution in [3.63, 3.8) is 0 Å². The van der Waals surface area contributed by atoms with Crippen LogP contribution in [0.2, 0.25) is 0 Å². The molecule has 162 valence electrons. The molecule has 3 amide bonds. The second-order valence-corrected chi connectivity index (χ2v) is 8.02. The van der Waals surface area contributed by atoms with Gasteiger partial charge in [-0.05, 0) is 55.8 Å². The molecule has 0 aliphatic carbocycles. The molecule has 0 saturated carbocycles. The lowest BCUT2D eigenvalue weighted by Crippen LogP contribution is -2.20. The van der Waals surface area contributed by atoms with E-state index in [1.54, 1.807) is 24.3 Å². The highest BCUT2D eigenvalue weighted by atomic mass is 32.1. The number of carbonyl (C=O) groups excluding carboxylic acids is 2. The molecule has 0 fully saturated rings. The fraction of sp³-hybridized carbons (Fsp3) is 0.125. The van der Waals surface area contributed by atoms with Crippen molar-refractivity contribution < 1.29 is 14.3 Å². The Morgan fingerprint density at radius 3 is 2.50 bits per heavy atom. The molecule has 0 atom stereocenters. The first-order valence-corrected chi connectivity index (χ1v) is 10.9. The Bertz CT molecular complexity index is 1270. The highest BCUT2D eigenvalue weighted by molar-refractivity contribution is 7.22. The van der Waals surface area contributed by atoms with E-state index in [0.717, 1.165) is 15.8 Å². The molecule has 3 N–H and O–H groups in total. The van der Waals surface area contributed by atoms with E-state index < -0.39 is 0 Å². The molecule has 4 rings (SSSR count). The number of rotatable bonds is 6. The summed E-state index contributed by atoms with van der Waals surface area (Å²) in [5, 5.41) is 9.02. The van der Waals surface area contributed by atoms with Gasteiger partial charge in [0.15, 0.2) is 5.13 Å². The van der Waals surface area contributed by atoms with E-state index in [1.807, 2.05) is 56.3 Å². The van der Waals surface area contributed by atoms with E-state index in [-0.39, 0.29) is 11.9 Å². The molecular weight excluding hydrogens is 424 g/mol. The summed E-state index contributed by atoms with van der Waals surface area (Å²) in [5.41, 5.74) is 3.46. The minimum Gasteiger partial charge on any atom is -0.492 e. The van der Waals surface area contributed by atoms with Gasteiger partial charge in [0.05, 0.1) is 22.5 Å². The van der Waals surface area contributed by atoms with Crippen LogP contribution in [0, 0.1) is 6.92 Å². The predicted molar refractivity (Wildman–Crippen MR) is 129 cm³/mol. The van der Waals surface area contributed by atoms with Gasteiger partial charge in [0, 0.05) is 11.3 Å². The third-order valence-corrected chi connectivity index (χ3v) is 5.55. The van der Waals surface area contributed by atoms with Crippen LogP contribution in [0.25, 0.3) is 10.2 Å². The topological polar surface area (TPSA) is 92.3 Å². The molecule has 7 nitrogen and oxygen atoms in total. The number of fused-ring (bicyclic) bond motifs is 1. The summed E-state index contributed by atoms with van der Waals surface area (Å²) in [7, 11) is 0. The first kappa shape index (κ1) is 21.3. The Labute approximate surface area is 189 Å². The maximum absolute atomic E-state index is 12.5. The average Bonchev–Trinajstić information content (AvgIpc) is 3.19. The Morgan fingerprint density at radius 2 is 1.72 bits per heavy atom. The predicted octanol–water partition coefficient (Wildman–Crippen LogP) is 5.90. The van der Waals surface area contributed by atoms with Gasteiger partial charge in [-0.3, -0.25) is 10.1 Å². The van der Waals surface area contributed by atoms with Gasteiger partial charge in [0.2, 0.25) is 0 Å². The van der Waals surface area contributed by atoms with Crippen molar-refractivity contribution in [1.82, 2.24) is 4.98 Å². The number of hydrogen-bond donors (Lipinski definition) is 3. The van der Waals surface area contributed by atoms with Gasteiger partial charge in [-0.25, -0.2) is 9.78 Å². The zero-order chi connectivity index (χ0) is 22.5. The van der Waals surface area contributed by atoms with Gasteiger partial charge in [0.1, 0.15) is 5.75 Å². The number of nitrogens with one attached hydrogen (secondary N) is 3. The number of nitrogens with zero attached hydrogens (tertiary/aromatic N) is 1. The van der Waals surface area contributed by atoms with Crippen LogP contribution in [-0.4, -0.2) is 23.5 Å². The van der Waals surface area contributed by atoms with Crippen LogP contribution in [0.1, 0.15) is 22.8 Å². The Kier molecular flexibility index (Phi) is 6.32. The fourth-order valence-corrected chi connectivity index (χ4v) is 4.20. The second-order valence-electron chi connectivity index (χ2n) is 6.99. The van der Waals surface area contributed by atoms with Crippen molar-refractivity contribution in [2.24, 2.45) is 0 Å². The molecule has 0 radical (unpaired) electrons. The molecule has 0 saturated heterocycles. The average molecular weight is 447 g/mol. The van der Waals surface area contributed by atoms with Crippen molar-refractivity contribution in [2.75, 3.05) is 22.6 Å². The van der Waals surface area contributed by atoms with Crippen molar-refractivity contribution in [3.05, 3.63) is 77.9 Å². The van der Waals surface area contributed by atoms with Crippen molar-refractivity contribution in [1.29, 1.82) is 0 Å². The highest BCUT2D eigenvalue weighted by Gasteiger charge is 2.13. The van der Waals surface area contributed by atoms with Crippen LogP contribution in [0.15, 0.2) is 66.7 Å². The van der Waals surface area contributed by atoms with Gasteiger partial charge in [-0.1, -0.05) is 41.7 Å². The number of benzene rings is 3. The monoisotopic (exact) mass is 446 g/mol. The molecule has 8 heteroatoms. The molecular formula is C24H22N4O3S.